The van der Waals surface area contributed by atoms with Crippen LogP contribution in [0.15, 0.2) is 29.2 Å². The van der Waals surface area contributed by atoms with Crippen LogP contribution in [0.1, 0.15) is 54.0 Å². The fraction of sp³-hybridized carbons (Fsp3) is 0.632. The second kappa shape index (κ2) is 7.96. The van der Waals surface area contributed by atoms with E-state index in [1.807, 2.05) is 12.1 Å². The highest BCUT2D eigenvalue weighted by Crippen LogP contribution is 2.24. The van der Waals surface area contributed by atoms with Crippen molar-refractivity contribution in [2.45, 2.75) is 70.4 Å². The number of carbonyl (C=O) groups is 1. The third-order valence-electron chi connectivity index (χ3n) is 3.72. The Morgan fingerprint density at radius 3 is 2.04 bits per heavy atom. The van der Waals surface area contributed by atoms with Gasteiger partial charge in [0.05, 0.1) is 4.90 Å². The lowest BCUT2D eigenvalue weighted by molar-refractivity contribution is 0.0504. The summed E-state index contributed by atoms with van der Waals surface area (Å²) >= 11 is 0. The molecule has 0 saturated carbocycles. The third kappa shape index (κ3) is 6.61. The lowest BCUT2D eigenvalue weighted by Crippen LogP contribution is -2.44. The van der Waals surface area contributed by atoms with Gasteiger partial charge >= 0.3 is 6.09 Å². The Labute approximate surface area is 158 Å². The van der Waals surface area contributed by atoms with Gasteiger partial charge in [-0.15, -0.1) is 0 Å². The molecule has 7 heteroatoms. The average molecular weight is 385 g/mol. The number of sulfonamides is 1. The number of nitrogens with one attached hydrogen (secondary N) is 1. The van der Waals surface area contributed by atoms with E-state index in [1.165, 1.54) is 11.4 Å². The Balaban J connectivity index is 2.79. The van der Waals surface area contributed by atoms with Gasteiger partial charge in [-0.2, -0.15) is 4.31 Å². The molecule has 0 aliphatic carbocycles. The van der Waals surface area contributed by atoms with Gasteiger partial charge in [-0.05, 0) is 50.8 Å². The molecule has 1 N–H and O–H groups in total. The number of alkyl carbamates (subject to hydrolysis) is 1. The first-order valence-corrected chi connectivity index (χ1v) is 10.1. The Kier molecular flexibility index (Phi) is 6.87. The number of amides is 1. The van der Waals surface area contributed by atoms with Crippen LogP contribution in [0.3, 0.4) is 0 Å². The standard InChI is InChI=1S/C19H32N2O4S/c1-14(20-17(22)25-19(5,6)7)13-21(8)26(23,24)16-11-9-15(10-12-16)18(2,3)4/h9-12,14H,13H2,1-8H3,(H,20,22)/t14-/m1/s1. The molecule has 0 radical (unpaired) electrons. The van der Waals surface area contributed by atoms with Gasteiger partial charge in [0.15, 0.2) is 0 Å². The van der Waals surface area contributed by atoms with Crippen molar-refractivity contribution in [3.05, 3.63) is 29.8 Å². The van der Waals surface area contributed by atoms with E-state index in [1.54, 1.807) is 39.8 Å². The van der Waals surface area contributed by atoms with Crippen molar-refractivity contribution in [1.29, 1.82) is 0 Å². The monoisotopic (exact) mass is 384 g/mol. The summed E-state index contributed by atoms with van der Waals surface area (Å²) in [4.78, 5) is 12.0. The van der Waals surface area contributed by atoms with Crippen molar-refractivity contribution < 1.29 is 17.9 Å². The molecule has 0 aromatic heterocycles. The largest absolute Gasteiger partial charge is 0.444 e. The summed E-state index contributed by atoms with van der Waals surface area (Å²) in [6.45, 7) is 13.4. The number of carbonyl (C=O) groups excluding carboxylic acids is 1. The van der Waals surface area contributed by atoms with Crippen LogP contribution >= 0.6 is 0 Å². The van der Waals surface area contributed by atoms with Crippen molar-refractivity contribution in [3.8, 4) is 0 Å². The van der Waals surface area contributed by atoms with E-state index in [2.05, 4.69) is 26.1 Å². The van der Waals surface area contributed by atoms with Crippen molar-refractivity contribution in [2.75, 3.05) is 13.6 Å². The van der Waals surface area contributed by atoms with Crippen molar-refractivity contribution in [2.24, 2.45) is 0 Å². The van der Waals surface area contributed by atoms with E-state index in [0.29, 0.717) is 0 Å². The highest BCUT2D eigenvalue weighted by Gasteiger charge is 2.25. The quantitative estimate of drug-likeness (QED) is 0.843. The van der Waals surface area contributed by atoms with Crippen molar-refractivity contribution in [3.63, 3.8) is 0 Å². The lowest BCUT2D eigenvalue weighted by Gasteiger charge is -2.25. The molecule has 1 atom stereocenters. The molecule has 1 amide bonds. The number of hydrogen-bond acceptors (Lipinski definition) is 4. The fourth-order valence-corrected chi connectivity index (χ4v) is 3.60. The van der Waals surface area contributed by atoms with Gasteiger partial charge in [0.25, 0.3) is 0 Å². The zero-order valence-corrected chi connectivity index (χ0v) is 17.9. The number of rotatable bonds is 5. The molecule has 0 aliphatic rings. The second-order valence-electron chi connectivity index (χ2n) is 8.61. The highest BCUT2D eigenvalue weighted by atomic mass is 32.2. The number of benzene rings is 1. The maximum Gasteiger partial charge on any atom is 0.407 e. The van der Waals surface area contributed by atoms with Gasteiger partial charge in [-0.25, -0.2) is 13.2 Å². The minimum Gasteiger partial charge on any atom is -0.444 e. The summed E-state index contributed by atoms with van der Waals surface area (Å²) in [5.41, 5.74) is 0.426. The number of nitrogens with zero attached hydrogens (tertiary/aromatic N) is 1. The van der Waals surface area contributed by atoms with E-state index in [9.17, 15) is 13.2 Å². The van der Waals surface area contributed by atoms with Crippen molar-refractivity contribution in [1.82, 2.24) is 9.62 Å². The summed E-state index contributed by atoms with van der Waals surface area (Å²) < 4.78 is 31.9. The molecule has 0 saturated heterocycles. The molecule has 26 heavy (non-hydrogen) atoms. The van der Waals surface area contributed by atoms with E-state index >= 15 is 0 Å². The summed E-state index contributed by atoms with van der Waals surface area (Å²) in [5, 5.41) is 2.65. The molecule has 1 aromatic carbocycles. The number of likely N-dealkylation sites (N-methyl/N-ethyl adjacent to an activating group) is 1. The Bertz CT molecular complexity index is 713. The van der Waals surface area contributed by atoms with Crippen LogP contribution in [0.2, 0.25) is 0 Å². The van der Waals surface area contributed by atoms with Gasteiger partial charge in [0.1, 0.15) is 5.60 Å². The lowest BCUT2D eigenvalue weighted by atomic mass is 9.87. The molecule has 0 heterocycles. The van der Waals surface area contributed by atoms with E-state index in [4.69, 9.17) is 4.74 Å². The Morgan fingerprint density at radius 2 is 1.62 bits per heavy atom. The van der Waals surface area contributed by atoms with Crippen molar-refractivity contribution >= 4 is 16.1 Å². The van der Waals surface area contributed by atoms with Gasteiger partial charge in [0.2, 0.25) is 10.0 Å². The van der Waals surface area contributed by atoms with Crippen LogP contribution in [0.4, 0.5) is 4.79 Å². The molecule has 0 spiro atoms. The topological polar surface area (TPSA) is 75.7 Å². The Morgan fingerprint density at radius 1 is 1.12 bits per heavy atom. The summed E-state index contributed by atoms with van der Waals surface area (Å²) in [6, 6.07) is 6.53. The third-order valence-corrected chi connectivity index (χ3v) is 5.56. The predicted molar refractivity (Wildman–Crippen MR) is 104 cm³/mol. The molecule has 0 unspecified atom stereocenters. The van der Waals surface area contributed by atoms with Gasteiger partial charge in [0, 0.05) is 19.6 Å². The zero-order chi connectivity index (χ0) is 20.3. The molecule has 0 bridgehead atoms. The SMILES string of the molecule is C[C@H](CN(C)S(=O)(=O)c1ccc(C(C)(C)C)cc1)NC(=O)OC(C)(C)C. The number of ether oxygens (including phenoxy) is 1. The second-order valence-corrected chi connectivity index (χ2v) is 10.7. The average Bonchev–Trinajstić information content (AvgIpc) is 2.43. The zero-order valence-electron chi connectivity index (χ0n) is 17.1. The molecular weight excluding hydrogens is 352 g/mol. The fourth-order valence-electron chi connectivity index (χ4n) is 2.35. The van der Waals surface area contributed by atoms with E-state index in [-0.39, 0.29) is 16.9 Å². The molecule has 6 nitrogen and oxygen atoms in total. The number of hydrogen-bond donors (Lipinski definition) is 1. The first-order valence-electron chi connectivity index (χ1n) is 8.69. The summed E-state index contributed by atoms with van der Waals surface area (Å²) in [5.74, 6) is 0. The van der Waals surface area contributed by atoms with E-state index < -0.39 is 27.8 Å². The van der Waals surface area contributed by atoms with Crippen LogP contribution in [0, 0.1) is 0 Å². The van der Waals surface area contributed by atoms with Gasteiger partial charge in [-0.1, -0.05) is 32.9 Å². The molecule has 1 aromatic rings. The summed E-state index contributed by atoms with van der Waals surface area (Å²) in [6.07, 6.45) is -0.565. The predicted octanol–water partition coefficient (Wildman–Crippen LogP) is 3.52. The van der Waals surface area contributed by atoms with Crippen LogP contribution in [-0.2, 0) is 20.2 Å². The normalized spacial score (nSPS) is 14.2. The molecule has 0 fully saturated rings. The first-order chi connectivity index (χ1) is 11.6. The maximum absolute atomic E-state index is 12.7. The summed E-state index contributed by atoms with van der Waals surface area (Å²) in [7, 11) is -2.13. The smallest absolute Gasteiger partial charge is 0.407 e. The highest BCUT2D eigenvalue weighted by molar-refractivity contribution is 7.89. The Hall–Kier alpha value is -1.60. The minimum absolute atomic E-state index is 0.0416. The van der Waals surface area contributed by atoms with Crippen LogP contribution in [-0.4, -0.2) is 44.1 Å². The van der Waals surface area contributed by atoms with Gasteiger partial charge in [-0.3, -0.25) is 0 Å². The molecule has 0 aliphatic heterocycles. The maximum atomic E-state index is 12.7. The van der Waals surface area contributed by atoms with Crippen LogP contribution < -0.4 is 5.32 Å². The molecule has 148 valence electrons. The van der Waals surface area contributed by atoms with Crippen LogP contribution in [0.5, 0.6) is 0 Å². The minimum atomic E-state index is -3.63. The van der Waals surface area contributed by atoms with Crippen LogP contribution in [0.25, 0.3) is 0 Å². The van der Waals surface area contributed by atoms with E-state index in [0.717, 1.165) is 5.56 Å². The molecule has 1 rings (SSSR count). The molecular formula is C19H32N2O4S. The van der Waals surface area contributed by atoms with Gasteiger partial charge < -0.3 is 10.1 Å². The first kappa shape index (κ1) is 22.4.